The van der Waals surface area contributed by atoms with Gasteiger partial charge in [-0.3, -0.25) is 10.1 Å². The van der Waals surface area contributed by atoms with Gasteiger partial charge in [0.15, 0.2) is 0 Å². The second-order valence-electron chi connectivity index (χ2n) is 3.58. The van der Waals surface area contributed by atoms with Gasteiger partial charge in [0.1, 0.15) is 0 Å². The molecule has 0 amide bonds. The number of hydrogen-bond donors (Lipinski definition) is 1. The number of nitrogens with zero attached hydrogens (tertiary/aromatic N) is 4. The molecule has 0 spiro atoms. The Morgan fingerprint density at radius 3 is 2.94 bits per heavy atom. The Labute approximate surface area is 111 Å². The SMILES string of the molecule is CNCc1cn(-c2ccc([N+](=O)[O-])cc2Br)nn1. The summed E-state index contributed by atoms with van der Waals surface area (Å²) in [5, 5.41) is 21.5. The number of aromatic nitrogens is 3. The fraction of sp³-hybridized carbons (Fsp3) is 0.200. The van der Waals surface area contributed by atoms with Crippen molar-refractivity contribution >= 4 is 21.6 Å². The predicted molar refractivity (Wildman–Crippen MR) is 68.5 cm³/mol. The lowest BCUT2D eigenvalue weighted by atomic mass is 10.3. The quantitative estimate of drug-likeness (QED) is 0.685. The van der Waals surface area contributed by atoms with Crippen molar-refractivity contribution in [3.05, 3.63) is 44.7 Å². The molecule has 1 aromatic carbocycles. The van der Waals surface area contributed by atoms with E-state index in [1.807, 2.05) is 7.05 Å². The van der Waals surface area contributed by atoms with Gasteiger partial charge in [-0.25, -0.2) is 4.68 Å². The first-order valence-electron chi connectivity index (χ1n) is 5.12. The molecule has 0 atom stereocenters. The van der Waals surface area contributed by atoms with Gasteiger partial charge >= 0.3 is 0 Å². The lowest BCUT2D eigenvalue weighted by Crippen LogP contribution is -2.05. The second kappa shape index (κ2) is 5.23. The topological polar surface area (TPSA) is 85.9 Å². The molecular weight excluding hydrogens is 302 g/mol. The van der Waals surface area contributed by atoms with Crippen LogP contribution in [0.15, 0.2) is 28.9 Å². The molecule has 0 bridgehead atoms. The van der Waals surface area contributed by atoms with E-state index in [1.54, 1.807) is 16.9 Å². The first-order chi connectivity index (χ1) is 8.61. The summed E-state index contributed by atoms with van der Waals surface area (Å²) in [4.78, 5) is 10.2. The highest BCUT2D eigenvalue weighted by Gasteiger charge is 2.11. The molecule has 0 saturated heterocycles. The van der Waals surface area contributed by atoms with E-state index < -0.39 is 4.92 Å². The third-order valence-electron chi connectivity index (χ3n) is 2.29. The largest absolute Gasteiger partial charge is 0.314 e. The van der Waals surface area contributed by atoms with Gasteiger partial charge < -0.3 is 5.32 Å². The molecule has 0 aliphatic carbocycles. The number of benzene rings is 1. The van der Waals surface area contributed by atoms with Crippen LogP contribution in [-0.2, 0) is 6.54 Å². The van der Waals surface area contributed by atoms with Crippen LogP contribution in [0.25, 0.3) is 5.69 Å². The van der Waals surface area contributed by atoms with Crippen LogP contribution < -0.4 is 5.32 Å². The van der Waals surface area contributed by atoms with E-state index in [9.17, 15) is 10.1 Å². The van der Waals surface area contributed by atoms with Gasteiger partial charge in [0, 0.05) is 18.7 Å². The molecule has 1 N–H and O–H groups in total. The van der Waals surface area contributed by atoms with Crippen LogP contribution in [0.5, 0.6) is 0 Å². The van der Waals surface area contributed by atoms with Gasteiger partial charge in [0.2, 0.25) is 0 Å². The molecule has 1 heterocycles. The predicted octanol–water partition coefficient (Wildman–Crippen LogP) is 1.66. The third-order valence-corrected chi connectivity index (χ3v) is 2.92. The van der Waals surface area contributed by atoms with Crippen LogP contribution >= 0.6 is 15.9 Å². The molecule has 0 unspecified atom stereocenters. The Bertz CT molecular complexity index is 583. The minimum absolute atomic E-state index is 0.0289. The first-order valence-corrected chi connectivity index (χ1v) is 5.91. The smallest absolute Gasteiger partial charge is 0.270 e. The molecule has 8 heteroatoms. The van der Waals surface area contributed by atoms with E-state index in [1.165, 1.54) is 12.1 Å². The number of nitrogens with one attached hydrogen (secondary N) is 1. The molecular formula is C10H10BrN5O2. The summed E-state index contributed by atoms with van der Waals surface area (Å²) >= 11 is 3.29. The highest BCUT2D eigenvalue weighted by atomic mass is 79.9. The number of nitro benzene ring substituents is 1. The molecule has 1 aromatic heterocycles. The summed E-state index contributed by atoms with van der Waals surface area (Å²) < 4.78 is 2.16. The van der Waals surface area contributed by atoms with Crippen molar-refractivity contribution in [2.24, 2.45) is 0 Å². The highest BCUT2D eigenvalue weighted by Crippen LogP contribution is 2.25. The normalized spacial score (nSPS) is 10.6. The summed E-state index contributed by atoms with van der Waals surface area (Å²) in [7, 11) is 1.82. The molecule has 0 radical (unpaired) electrons. The highest BCUT2D eigenvalue weighted by molar-refractivity contribution is 9.10. The van der Waals surface area contributed by atoms with Gasteiger partial charge in [-0.15, -0.1) is 5.10 Å². The summed E-state index contributed by atoms with van der Waals surface area (Å²) in [6, 6.07) is 4.49. The molecule has 0 aliphatic heterocycles. The van der Waals surface area contributed by atoms with Crippen LogP contribution in [0.1, 0.15) is 5.69 Å². The third kappa shape index (κ3) is 2.54. The van der Waals surface area contributed by atoms with Gasteiger partial charge in [-0.2, -0.15) is 0 Å². The van der Waals surface area contributed by atoms with E-state index in [0.717, 1.165) is 5.69 Å². The van der Waals surface area contributed by atoms with Crippen molar-refractivity contribution in [2.45, 2.75) is 6.54 Å². The summed E-state index contributed by atoms with van der Waals surface area (Å²) in [5.74, 6) is 0. The average molecular weight is 312 g/mol. The summed E-state index contributed by atoms with van der Waals surface area (Å²) in [6.07, 6.45) is 1.77. The fourth-order valence-electron chi connectivity index (χ4n) is 1.47. The zero-order valence-corrected chi connectivity index (χ0v) is 11.1. The van der Waals surface area contributed by atoms with Crippen molar-refractivity contribution < 1.29 is 4.92 Å². The Morgan fingerprint density at radius 1 is 1.56 bits per heavy atom. The monoisotopic (exact) mass is 311 g/mol. The van der Waals surface area contributed by atoms with Gasteiger partial charge in [-0.1, -0.05) is 5.21 Å². The average Bonchev–Trinajstić information content (AvgIpc) is 2.77. The van der Waals surface area contributed by atoms with Gasteiger partial charge in [0.25, 0.3) is 5.69 Å². The van der Waals surface area contributed by atoms with Gasteiger partial charge in [-0.05, 0) is 29.0 Å². The van der Waals surface area contributed by atoms with Crippen molar-refractivity contribution in [3.8, 4) is 5.69 Å². The van der Waals surface area contributed by atoms with Crippen LogP contribution in [0.4, 0.5) is 5.69 Å². The van der Waals surface area contributed by atoms with Crippen LogP contribution in [0.2, 0.25) is 0 Å². The van der Waals surface area contributed by atoms with E-state index in [0.29, 0.717) is 16.7 Å². The minimum atomic E-state index is -0.442. The Kier molecular flexibility index (Phi) is 3.68. The number of non-ortho nitro benzene ring substituents is 1. The Balaban J connectivity index is 2.35. The van der Waals surface area contributed by atoms with E-state index in [2.05, 4.69) is 31.6 Å². The zero-order chi connectivity index (χ0) is 13.1. The number of hydrogen-bond acceptors (Lipinski definition) is 5. The lowest BCUT2D eigenvalue weighted by Gasteiger charge is -2.02. The molecule has 0 saturated carbocycles. The van der Waals surface area contributed by atoms with Crippen LogP contribution in [0, 0.1) is 10.1 Å². The Morgan fingerprint density at radius 2 is 2.33 bits per heavy atom. The maximum atomic E-state index is 10.6. The summed E-state index contributed by atoms with van der Waals surface area (Å²) in [6.45, 7) is 0.616. The van der Waals surface area contributed by atoms with Crippen LogP contribution in [-0.4, -0.2) is 27.0 Å². The second-order valence-corrected chi connectivity index (χ2v) is 4.43. The molecule has 0 fully saturated rings. The fourth-order valence-corrected chi connectivity index (χ4v) is 2.02. The molecule has 2 rings (SSSR count). The maximum absolute atomic E-state index is 10.6. The van der Waals surface area contributed by atoms with E-state index in [4.69, 9.17) is 0 Å². The zero-order valence-electron chi connectivity index (χ0n) is 9.50. The van der Waals surface area contributed by atoms with Crippen LogP contribution in [0.3, 0.4) is 0 Å². The van der Waals surface area contributed by atoms with Gasteiger partial charge in [0.05, 0.1) is 27.0 Å². The summed E-state index contributed by atoms with van der Waals surface area (Å²) in [5.41, 5.74) is 1.53. The number of halogens is 1. The maximum Gasteiger partial charge on any atom is 0.270 e. The lowest BCUT2D eigenvalue weighted by molar-refractivity contribution is -0.384. The molecule has 2 aromatic rings. The van der Waals surface area contributed by atoms with E-state index in [-0.39, 0.29) is 5.69 Å². The molecule has 18 heavy (non-hydrogen) atoms. The first kappa shape index (κ1) is 12.7. The van der Waals surface area contributed by atoms with Crippen molar-refractivity contribution in [1.82, 2.24) is 20.3 Å². The van der Waals surface area contributed by atoms with E-state index >= 15 is 0 Å². The number of rotatable bonds is 4. The standard InChI is InChI=1S/C10H10BrN5O2/c1-12-5-7-6-15(14-13-7)10-3-2-8(16(17)18)4-9(10)11/h2-4,6,12H,5H2,1H3. The van der Waals surface area contributed by atoms with Crippen molar-refractivity contribution in [2.75, 3.05) is 7.05 Å². The minimum Gasteiger partial charge on any atom is -0.314 e. The molecule has 0 aliphatic rings. The Hall–Kier alpha value is -1.80. The molecule has 94 valence electrons. The van der Waals surface area contributed by atoms with Crippen molar-refractivity contribution in [3.63, 3.8) is 0 Å². The number of nitro groups is 1. The molecule has 7 nitrogen and oxygen atoms in total. The van der Waals surface area contributed by atoms with Crippen molar-refractivity contribution in [1.29, 1.82) is 0 Å².